The van der Waals surface area contributed by atoms with E-state index in [4.69, 9.17) is 0 Å². The molecule has 1 fully saturated rings. The van der Waals surface area contributed by atoms with E-state index in [1.54, 1.807) is 11.1 Å². The number of likely N-dealkylation sites (tertiary alicyclic amines) is 1. The zero-order valence-corrected chi connectivity index (χ0v) is 15.3. The molecule has 1 aromatic heterocycles. The van der Waals surface area contributed by atoms with Crippen LogP contribution in [0.15, 0.2) is 36.5 Å². The molecule has 0 spiro atoms. The summed E-state index contributed by atoms with van der Waals surface area (Å²) in [5, 5.41) is 15.1. The number of hydrogen-bond acceptors (Lipinski definition) is 3. The molecule has 8 heteroatoms. The fourth-order valence-electron chi connectivity index (χ4n) is 4.21. The van der Waals surface area contributed by atoms with Crippen molar-refractivity contribution in [2.45, 2.75) is 44.0 Å². The Kier molecular flexibility index (Phi) is 4.69. The number of halogens is 3. The van der Waals surface area contributed by atoms with Crippen molar-refractivity contribution in [3.63, 3.8) is 0 Å². The molecule has 2 aromatic rings. The highest BCUT2D eigenvalue weighted by Crippen LogP contribution is 2.37. The molecule has 5 nitrogen and oxygen atoms in total. The summed E-state index contributed by atoms with van der Waals surface area (Å²) in [5.74, 6) is -0.0532. The van der Waals surface area contributed by atoms with Gasteiger partial charge in [-0.1, -0.05) is 12.1 Å². The summed E-state index contributed by atoms with van der Waals surface area (Å²) in [7, 11) is 0. The minimum Gasteiger partial charge on any atom is -0.385 e. The number of alkyl halides is 3. The highest BCUT2D eigenvalue weighted by Gasteiger charge is 2.39. The first-order valence-corrected chi connectivity index (χ1v) is 9.46. The third-order valence-electron chi connectivity index (χ3n) is 5.93. The van der Waals surface area contributed by atoms with Gasteiger partial charge in [0.25, 0.3) is 0 Å². The average Bonchev–Trinajstić information content (AvgIpc) is 3.15. The predicted molar refractivity (Wildman–Crippen MR) is 95.2 cm³/mol. The van der Waals surface area contributed by atoms with E-state index in [1.165, 1.54) is 12.1 Å². The van der Waals surface area contributed by atoms with Gasteiger partial charge in [-0.3, -0.25) is 9.48 Å². The molecule has 0 radical (unpaired) electrons. The van der Waals surface area contributed by atoms with Crippen LogP contribution >= 0.6 is 0 Å². The minimum atomic E-state index is -4.45. The standard InChI is InChI=1S/C20H22F3N3O2/c21-20(22,23)16-3-1-2-15(13-16)19(28)6-10-25(11-7-19)18(27)14-5-9-26-17(12-14)4-8-24-26/h1-4,8,13-14,28H,5-7,9-12H2. The minimum absolute atomic E-state index is 0.0542. The van der Waals surface area contributed by atoms with Crippen LogP contribution in [0.4, 0.5) is 13.2 Å². The molecule has 1 N–H and O–H groups in total. The Morgan fingerprint density at radius 3 is 2.64 bits per heavy atom. The molecule has 2 aliphatic rings. The smallest absolute Gasteiger partial charge is 0.385 e. The molecule has 0 aliphatic carbocycles. The van der Waals surface area contributed by atoms with Crippen LogP contribution in [0.25, 0.3) is 0 Å². The summed E-state index contributed by atoms with van der Waals surface area (Å²) in [4.78, 5) is 14.6. The summed E-state index contributed by atoms with van der Waals surface area (Å²) in [5.41, 5.74) is -0.808. The molecule has 150 valence electrons. The number of nitrogens with zero attached hydrogens (tertiary/aromatic N) is 3. The van der Waals surface area contributed by atoms with Crippen molar-refractivity contribution in [3.05, 3.63) is 53.3 Å². The van der Waals surface area contributed by atoms with Crippen LogP contribution in [-0.2, 0) is 29.5 Å². The predicted octanol–water partition coefficient (Wildman–Crippen LogP) is 2.97. The Balaban J connectivity index is 1.42. The molecule has 1 atom stereocenters. The van der Waals surface area contributed by atoms with Gasteiger partial charge < -0.3 is 10.0 Å². The van der Waals surface area contributed by atoms with Gasteiger partial charge in [0.1, 0.15) is 0 Å². The van der Waals surface area contributed by atoms with E-state index in [0.717, 1.165) is 24.2 Å². The number of carbonyl (C=O) groups is 1. The van der Waals surface area contributed by atoms with Crippen molar-refractivity contribution >= 4 is 5.91 Å². The van der Waals surface area contributed by atoms with E-state index < -0.39 is 17.3 Å². The second-order valence-corrected chi connectivity index (χ2v) is 7.67. The molecule has 3 heterocycles. The number of aryl methyl sites for hydroxylation is 1. The van der Waals surface area contributed by atoms with E-state index in [-0.39, 0.29) is 30.2 Å². The van der Waals surface area contributed by atoms with Gasteiger partial charge in [0.2, 0.25) is 5.91 Å². The third kappa shape index (κ3) is 3.53. The maximum atomic E-state index is 13.0. The summed E-state index contributed by atoms with van der Waals surface area (Å²) in [6.07, 6.45) is -0.890. The van der Waals surface area contributed by atoms with Gasteiger partial charge in [-0.15, -0.1) is 0 Å². The molecular weight excluding hydrogens is 371 g/mol. The Labute approximate surface area is 160 Å². The first-order chi connectivity index (χ1) is 13.3. The summed E-state index contributed by atoms with van der Waals surface area (Å²) in [6.45, 7) is 1.38. The quantitative estimate of drug-likeness (QED) is 0.854. The van der Waals surface area contributed by atoms with Gasteiger partial charge in [-0.25, -0.2) is 0 Å². The second kappa shape index (κ2) is 6.92. The van der Waals surface area contributed by atoms with Crippen molar-refractivity contribution in [1.29, 1.82) is 0 Å². The first kappa shape index (κ1) is 19.0. The van der Waals surface area contributed by atoms with Crippen LogP contribution in [-0.4, -0.2) is 38.8 Å². The van der Waals surface area contributed by atoms with Crippen LogP contribution in [0.1, 0.15) is 36.1 Å². The van der Waals surface area contributed by atoms with E-state index in [2.05, 4.69) is 5.10 Å². The highest BCUT2D eigenvalue weighted by atomic mass is 19.4. The Morgan fingerprint density at radius 1 is 1.18 bits per heavy atom. The molecule has 2 aliphatic heterocycles. The van der Waals surface area contributed by atoms with Gasteiger partial charge in [0.05, 0.1) is 11.2 Å². The zero-order chi connectivity index (χ0) is 19.9. The largest absolute Gasteiger partial charge is 0.416 e. The molecule has 0 saturated carbocycles. The lowest BCUT2D eigenvalue weighted by Gasteiger charge is -2.40. The van der Waals surface area contributed by atoms with Crippen molar-refractivity contribution in [3.8, 4) is 0 Å². The number of benzene rings is 1. The van der Waals surface area contributed by atoms with Gasteiger partial charge >= 0.3 is 6.18 Å². The fraction of sp³-hybridized carbons (Fsp3) is 0.500. The Morgan fingerprint density at radius 2 is 1.93 bits per heavy atom. The van der Waals surface area contributed by atoms with Gasteiger partial charge in [-0.05, 0) is 43.0 Å². The summed E-state index contributed by atoms with van der Waals surface area (Å²) >= 11 is 0. The van der Waals surface area contributed by atoms with Gasteiger partial charge in [-0.2, -0.15) is 18.3 Å². The maximum absolute atomic E-state index is 13.0. The molecule has 1 aromatic carbocycles. The SMILES string of the molecule is O=C(C1CCn2nccc2C1)N1CCC(O)(c2cccc(C(F)(F)F)c2)CC1. The highest BCUT2D eigenvalue weighted by molar-refractivity contribution is 5.79. The zero-order valence-electron chi connectivity index (χ0n) is 15.3. The number of carbonyl (C=O) groups excluding carboxylic acids is 1. The van der Waals surface area contributed by atoms with E-state index >= 15 is 0 Å². The number of amides is 1. The second-order valence-electron chi connectivity index (χ2n) is 7.67. The van der Waals surface area contributed by atoms with Crippen molar-refractivity contribution in [1.82, 2.24) is 14.7 Å². The normalized spacial score (nSPS) is 22.0. The molecule has 1 unspecified atom stereocenters. The molecule has 28 heavy (non-hydrogen) atoms. The fourth-order valence-corrected chi connectivity index (χ4v) is 4.21. The summed E-state index contributed by atoms with van der Waals surface area (Å²) < 4.78 is 40.8. The van der Waals surface area contributed by atoms with Gasteiger partial charge in [0.15, 0.2) is 0 Å². The monoisotopic (exact) mass is 393 g/mol. The Hall–Kier alpha value is -2.35. The third-order valence-corrected chi connectivity index (χ3v) is 5.93. The average molecular weight is 393 g/mol. The van der Waals surface area contributed by atoms with Gasteiger partial charge in [0, 0.05) is 43.9 Å². The van der Waals surface area contributed by atoms with Crippen LogP contribution in [0, 0.1) is 5.92 Å². The number of fused-ring (bicyclic) bond motifs is 1. The lowest BCUT2D eigenvalue weighted by atomic mass is 9.83. The number of piperidine rings is 1. The molecule has 0 bridgehead atoms. The Bertz CT molecular complexity index is 870. The van der Waals surface area contributed by atoms with Crippen molar-refractivity contribution in [2.75, 3.05) is 13.1 Å². The molecule has 4 rings (SSSR count). The number of rotatable bonds is 2. The van der Waals surface area contributed by atoms with E-state index in [1.807, 2.05) is 10.7 Å². The molecular formula is C20H22F3N3O2. The van der Waals surface area contributed by atoms with Crippen LogP contribution in [0.2, 0.25) is 0 Å². The topological polar surface area (TPSA) is 58.4 Å². The van der Waals surface area contributed by atoms with E-state index in [0.29, 0.717) is 26.1 Å². The van der Waals surface area contributed by atoms with Crippen molar-refractivity contribution < 1.29 is 23.1 Å². The first-order valence-electron chi connectivity index (χ1n) is 9.46. The summed E-state index contributed by atoms with van der Waals surface area (Å²) in [6, 6.07) is 6.77. The van der Waals surface area contributed by atoms with Crippen LogP contribution < -0.4 is 0 Å². The number of aromatic nitrogens is 2. The lowest BCUT2D eigenvalue weighted by Crippen LogP contribution is -2.48. The van der Waals surface area contributed by atoms with E-state index in [9.17, 15) is 23.1 Å². The number of aliphatic hydroxyl groups is 1. The number of hydrogen-bond donors (Lipinski definition) is 1. The lowest BCUT2D eigenvalue weighted by molar-refractivity contribution is -0.140. The molecule has 1 saturated heterocycles. The molecule has 1 amide bonds. The van der Waals surface area contributed by atoms with Crippen LogP contribution in [0.5, 0.6) is 0 Å². The van der Waals surface area contributed by atoms with Crippen LogP contribution in [0.3, 0.4) is 0 Å². The maximum Gasteiger partial charge on any atom is 0.416 e. The van der Waals surface area contributed by atoms with Crippen molar-refractivity contribution in [2.24, 2.45) is 5.92 Å².